The molecular weight excluding hydrogens is 745 g/mol. The van der Waals surface area contributed by atoms with Crippen LogP contribution in [0.5, 0.6) is 0 Å². The van der Waals surface area contributed by atoms with Gasteiger partial charge in [0.05, 0.1) is 0 Å². The lowest BCUT2D eigenvalue weighted by Gasteiger charge is -2.23. The SMILES string of the molecule is CCCCCCCCC=CCCCCCCCCN(CCCNC(=O)CCCCCCCC=CCCCCCCCC)C(=O)CCCCCCCC=CCCCCCCCC. The maximum absolute atomic E-state index is 13.4. The number of allylic oxidation sites excluding steroid dienone is 6. The summed E-state index contributed by atoms with van der Waals surface area (Å²) in [6, 6.07) is 0. The first-order valence-electron chi connectivity index (χ1n) is 27.6. The molecule has 0 fully saturated rings. The normalized spacial score (nSPS) is 11.9. The van der Waals surface area contributed by atoms with Crippen LogP contribution in [0.25, 0.3) is 0 Å². The number of hydrogen-bond acceptors (Lipinski definition) is 2. The molecule has 0 bridgehead atoms. The van der Waals surface area contributed by atoms with Crippen molar-refractivity contribution in [2.45, 2.75) is 297 Å². The van der Waals surface area contributed by atoms with E-state index < -0.39 is 0 Å². The summed E-state index contributed by atoms with van der Waals surface area (Å²) in [6.45, 7) is 9.16. The van der Waals surface area contributed by atoms with E-state index in [-0.39, 0.29) is 5.91 Å². The molecule has 0 aromatic heterocycles. The van der Waals surface area contributed by atoms with Crippen molar-refractivity contribution in [3.63, 3.8) is 0 Å². The van der Waals surface area contributed by atoms with Gasteiger partial charge in [-0.3, -0.25) is 9.59 Å². The Balaban J connectivity index is 4.26. The number of hydrogen-bond donors (Lipinski definition) is 1. The van der Waals surface area contributed by atoms with Gasteiger partial charge in [0, 0.05) is 32.5 Å². The Kier molecular flexibility index (Phi) is 50.9. The van der Waals surface area contributed by atoms with Crippen LogP contribution in [-0.4, -0.2) is 36.3 Å². The van der Waals surface area contributed by atoms with Crippen LogP contribution in [0.1, 0.15) is 297 Å². The van der Waals surface area contributed by atoms with Gasteiger partial charge in [-0.05, 0) is 103 Å². The molecule has 2 amide bonds. The third-order valence-electron chi connectivity index (χ3n) is 12.5. The number of nitrogens with one attached hydrogen (secondary N) is 1. The predicted octanol–water partition coefficient (Wildman–Crippen LogP) is 18.4. The van der Waals surface area contributed by atoms with Crippen LogP contribution in [0.3, 0.4) is 0 Å². The first kappa shape index (κ1) is 59.2. The molecule has 0 saturated heterocycles. The molecular formula is C57H108N2O2. The zero-order chi connectivity index (χ0) is 44.2. The molecule has 0 aliphatic heterocycles. The second-order valence-corrected chi connectivity index (χ2v) is 18.7. The van der Waals surface area contributed by atoms with Crippen molar-refractivity contribution in [2.24, 2.45) is 0 Å². The van der Waals surface area contributed by atoms with E-state index in [0.717, 1.165) is 51.6 Å². The van der Waals surface area contributed by atoms with Gasteiger partial charge in [0.25, 0.3) is 0 Å². The van der Waals surface area contributed by atoms with E-state index in [1.165, 1.54) is 225 Å². The Morgan fingerprint density at radius 1 is 0.328 bits per heavy atom. The largest absolute Gasteiger partial charge is 0.356 e. The Labute approximate surface area is 383 Å². The van der Waals surface area contributed by atoms with Gasteiger partial charge in [-0.1, -0.05) is 218 Å². The molecule has 0 aromatic carbocycles. The van der Waals surface area contributed by atoms with Gasteiger partial charge in [0.15, 0.2) is 0 Å². The van der Waals surface area contributed by atoms with E-state index in [0.29, 0.717) is 25.3 Å². The van der Waals surface area contributed by atoms with Crippen LogP contribution in [0, 0.1) is 0 Å². The van der Waals surface area contributed by atoms with Crippen LogP contribution in [0.15, 0.2) is 36.5 Å². The highest BCUT2D eigenvalue weighted by Crippen LogP contribution is 2.15. The minimum atomic E-state index is 0.178. The average Bonchev–Trinajstić information content (AvgIpc) is 3.26. The van der Waals surface area contributed by atoms with Crippen molar-refractivity contribution in [1.29, 1.82) is 0 Å². The third-order valence-corrected chi connectivity index (χ3v) is 12.5. The van der Waals surface area contributed by atoms with Gasteiger partial charge in [-0.25, -0.2) is 0 Å². The lowest BCUT2D eigenvalue weighted by Crippen LogP contribution is -2.35. The quantitative estimate of drug-likeness (QED) is 0.0490. The molecule has 0 unspecified atom stereocenters. The number of carbonyl (C=O) groups excluding carboxylic acids is 2. The average molecular weight is 854 g/mol. The molecule has 0 atom stereocenters. The van der Waals surface area contributed by atoms with Crippen molar-refractivity contribution < 1.29 is 9.59 Å². The Morgan fingerprint density at radius 2 is 0.607 bits per heavy atom. The molecule has 0 saturated carbocycles. The zero-order valence-corrected chi connectivity index (χ0v) is 41.8. The number of amides is 2. The molecule has 0 aliphatic carbocycles. The number of carbonyl (C=O) groups is 2. The lowest BCUT2D eigenvalue weighted by atomic mass is 10.1. The fourth-order valence-electron chi connectivity index (χ4n) is 8.36. The van der Waals surface area contributed by atoms with Crippen molar-refractivity contribution in [2.75, 3.05) is 19.6 Å². The first-order valence-corrected chi connectivity index (χ1v) is 27.6. The van der Waals surface area contributed by atoms with Gasteiger partial charge in [-0.2, -0.15) is 0 Å². The molecule has 0 rings (SSSR count). The van der Waals surface area contributed by atoms with E-state index in [1.54, 1.807) is 0 Å². The fourth-order valence-corrected chi connectivity index (χ4v) is 8.36. The van der Waals surface area contributed by atoms with Crippen molar-refractivity contribution >= 4 is 11.8 Å². The highest BCUT2D eigenvalue weighted by molar-refractivity contribution is 5.76. The van der Waals surface area contributed by atoms with Crippen LogP contribution < -0.4 is 5.32 Å². The molecule has 0 aliphatic rings. The van der Waals surface area contributed by atoms with E-state index in [9.17, 15) is 9.59 Å². The lowest BCUT2D eigenvalue weighted by molar-refractivity contribution is -0.131. The van der Waals surface area contributed by atoms with Gasteiger partial charge in [0.1, 0.15) is 0 Å². The standard InChI is InChI=1S/C57H108N2O2/c1-4-7-10-13-16-19-22-25-28-31-34-37-40-43-46-49-54-59(57(61)52-48-45-42-39-36-33-30-27-24-21-18-15-12-9-6-3)55-50-53-58-56(60)51-47-44-41-38-35-32-29-26-23-20-17-14-11-8-5-2/h25-30H,4-24,31-55H2,1-3H3,(H,58,60). The minimum absolute atomic E-state index is 0.178. The van der Waals surface area contributed by atoms with Crippen molar-refractivity contribution in [3.8, 4) is 0 Å². The van der Waals surface area contributed by atoms with Gasteiger partial charge < -0.3 is 10.2 Å². The Hall–Kier alpha value is -1.84. The molecule has 358 valence electrons. The highest BCUT2D eigenvalue weighted by atomic mass is 16.2. The van der Waals surface area contributed by atoms with Crippen LogP contribution in [0.2, 0.25) is 0 Å². The van der Waals surface area contributed by atoms with Gasteiger partial charge in [0.2, 0.25) is 11.8 Å². The molecule has 61 heavy (non-hydrogen) atoms. The number of unbranched alkanes of at least 4 members (excludes halogenated alkanes) is 34. The highest BCUT2D eigenvalue weighted by Gasteiger charge is 2.13. The first-order chi connectivity index (χ1) is 30.2. The summed E-state index contributed by atoms with van der Waals surface area (Å²) >= 11 is 0. The minimum Gasteiger partial charge on any atom is -0.356 e. The summed E-state index contributed by atoms with van der Waals surface area (Å²) in [5, 5.41) is 3.15. The maximum atomic E-state index is 13.4. The summed E-state index contributed by atoms with van der Waals surface area (Å²) in [5.74, 6) is 0.502. The van der Waals surface area contributed by atoms with Crippen LogP contribution in [-0.2, 0) is 9.59 Å². The maximum Gasteiger partial charge on any atom is 0.222 e. The molecule has 0 spiro atoms. The smallest absolute Gasteiger partial charge is 0.222 e. The molecule has 0 radical (unpaired) electrons. The molecule has 4 nitrogen and oxygen atoms in total. The third kappa shape index (κ3) is 49.0. The van der Waals surface area contributed by atoms with Gasteiger partial charge >= 0.3 is 0 Å². The Morgan fingerprint density at radius 3 is 0.967 bits per heavy atom. The van der Waals surface area contributed by atoms with Crippen molar-refractivity contribution in [1.82, 2.24) is 10.2 Å². The van der Waals surface area contributed by atoms with E-state index in [1.807, 2.05) is 0 Å². The van der Waals surface area contributed by atoms with E-state index in [4.69, 9.17) is 0 Å². The van der Waals surface area contributed by atoms with E-state index >= 15 is 0 Å². The number of nitrogens with zero attached hydrogens (tertiary/aromatic N) is 1. The summed E-state index contributed by atoms with van der Waals surface area (Å²) in [4.78, 5) is 28.1. The van der Waals surface area contributed by atoms with Crippen molar-refractivity contribution in [3.05, 3.63) is 36.5 Å². The monoisotopic (exact) mass is 853 g/mol. The molecule has 4 heteroatoms. The summed E-state index contributed by atoms with van der Waals surface area (Å²) < 4.78 is 0. The van der Waals surface area contributed by atoms with Crippen LogP contribution >= 0.6 is 0 Å². The predicted molar refractivity (Wildman–Crippen MR) is 273 cm³/mol. The zero-order valence-electron chi connectivity index (χ0n) is 41.8. The van der Waals surface area contributed by atoms with Crippen LogP contribution in [0.4, 0.5) is 0 Å². The molecule has 1 N–H and O–H groups in total. The molecule has 0 heterocycles. The summed E-state index contributed by atoms with van der Waals surface area (Å²) in [5.41, 5.74) is 0. The summed E-state index contributed by atoms with van der Waals surface area (Å²) in [6.07, 6.45) is 68.0. The topological polar surface area (TPSA) is 49.4 Å². The number of rotatable bonds is 50. The van der Waals surface area contributed by atoms with E-state index in [2.05, 4.69) is 67.4 Å². The second kappa shape index (κ2) is 52.5. The second-order valence-electron chi connectivity index (χ2n) is 18.7. The van der Waals surface area contributed by atoms with Gasteiger partial charge in [-0.15, -0.1) is 0 Å². The molecule has 0 aromatic rings. The summed E-state index contributed by atoms with van der Waals surface area (Å²) in [7, 11) is 0. The Bertz CT molecular complexity index is 970. The fraction of sp³-hybridized carbons (Fsp3) is 0.860.